The van der Waals surface area contributed by atoms with E-state index in [1.807, 2.05) is 4.68 Å². The van der Waals surface area contributed by atoms with Crippen LogP contribution in [0.5, 0.6) is 0 Å². The molecule has 18 heavy (non-hydrogen) atoms. The van der Waals surface area contributed by atoms with Gasteiger partial charge in [0.05, 0.1) is 12.6 Å². The molecule has 1 aromatic heterocycles. The zero-order valence-corrected chi connectivity index (χ0v) is 10.6. The summed E-state index contributed by atoms with van der Waals surface area (Å²) < 4.78 is 2.04. The Kier molecular flexibility index (Phi) is 2.58. The molecule has 1 aliphatic carbocycles. The van der Waals surface area contributed by atoms with Crippen molar-refractivity contribution in [3.63, 3.8) is 0 Å². The van der Waals surface area contributed by atoms with E-state index in [0.29, 0.717) is 12.1 Å². The maximum Gasteiger partial charge on any atom is 0.165 e. The van der Waals surface area contributed by atoms with Crippen LogP contribution in [0.25, 0.3) is 0 Å². The summed E-state index contributed by atoms with van der Waals surface area (Å²) in [7, 11) is 0. The van der Waals surface area contributed by atoms with E-state index in [1.54, 1.807) is 0 Å². The van der Waals surface area contributed by atoms with E-state index < -0.39 is 0 Å². The number of rotatable bonds is 3. The molecule has 98 valence electrons. The molecule has 0 amide bonds. The van der Waals surface area contributed by atoms with E-state index in [1.165, 1.54) is 38.8 Å². The lowest BCUT2D eigenvalue weighted by atomic mass is 9.94. The molecule has 1 saturated carbocycles. The summed E-state index contributed by atoms with van der Waals surface area (Å²) >= 11 is 0. The van der Waals surface area contributed by atoms with Crippen molar-refractivity contribution in [1.29, 1.82) is 0 Å². The van der Waals surface area contributed by atoms with E-state index in [9.17, 15) is 0 Å². The van der Waals surface area contributed by atoms with E-state index in [0.717, 1.165) is 24.8 Å². The van der Waals surface area contributed by atoms with Crippen LogP contribution in [-0.2, 0) is 6.54 Å². The first-order valence-corrected chi connectivity index (χ1v) is 7.12. The van der Waals surface area contributed by atoms with Gasteiger partial charge in [0.25, 0.3) is 0 Å². The Morgan fingerprint density at radius 2 is 2.17 bits per heavy atom. The van der Waals surface area contributed by atoms with Gasteiger partial charge < -0.3 is 5.32 Å². The number of tetrazole rings is 1. The third kappa shape index (κ3) is 1.93. The summed E-state index contributed by atoms with van der Waals surface area (Å²) in [5, 5.41) is 15.8. The van der Waals surface area contributed by atoms with Gasteiger partial charge in [-0.2, -0.15) is 0 Å². The van der Waals surface area contributed by atoms with Gasteiger partial charge in [0.15, 0.2) is 5.82 Å². The number of hydrogen-bond acceptors (Lipinski definition) is 5. The van der Waals surface area contributed by atoms with Crippen LogP contribution in [0.3, 0.4) is 0 Å². The fraction of sp³-hybridized carbons (Fsp3) is 0.917. The lowest BCUT2D eigenvalue weighted by molar-refractivity contribution is 0.298. The first-order chi connectivity index (χ1) is 8.90. The number of nitrogens with zero attached hydrogens (tertiary/aromatic N) is 5. The Hall–Kier alpha value is -1.01. The number of aromatic nitrogens is 4. The summed E-state index contributed by atoms with van der Waals surface area (Å²) in [6, 6.07) is 1.28. The van der Waals surface area contributed by atoms with Crippen LogP contribution < -0.4 is 5.32 Å². The molecule has 3 heterocycles. The summed E-state index contributed by atoms with van der Waals surface area (Å²) in [5.41, 5.74) is 0. The lowest BCUT2D eigenvalue weighted by Gasteiger charge is -2.24. The molecule has 1 aromatic rings. The third-order valence-electron chi connectivity index (χ3n) is 4.49. The van der Waals surface area contributed by atoms with Gasteiger partial charge in [-0.15, -0.1) is 5.10 Å². The molecule has 3 fully saturated rings. The van der Waals surface area contributed by atoms with Gasteiger partial charge in [0.1, 0.15) is 0 Å². The minimum Gasteiger partial charge on any atom is -0.312 e. The normalized spacial score (nSPS) is 32.7. The molecule has 0 aromatic carbocycles. The number of nitrogens with one attached hydrogen (secondary N) is 1. The molecular formula is C12H20N6. The van der Waals surface area contributed by atoms with Crippen molar-refractivity contribution in [3.05, 3.63) is 5.82 Å². The van der Waals surface area contributed by atoms with Crippen molar-refractivity contribution >= 4 is 0 Å². The molecule has 0 radical (unpaired) electrons. The molecule has 0 unspecified atom stereocenters. The van der Waals surface area contributed by atoms with E-state index >= 15 is 0 Å². The van der Waals surface area contributed by atoms with Crippen molar-refractivity contribution in [2.24, 2.45) is 5.92 Å². The maximum absolute atomic E-state index is 4.20. The predicted molar refractivity (Wildman–Crippen MR) is 65.9 cm³/mol. The van der Waals surface area contributed by atoms with E-state index in [2.05, 4.69) is 25.7 Å². The largest absolute Gasteiger partial charge is 0.312 e. The van der Waals surface area contributed by atoms with Crippen LogP contribution in [0.4, 0.5) is 0 Å². The quantitative estimate of drug-likeness (QED) is 0.827. The average molecular weight is 248 g/mol. The minimum atomic E-state index is 0.581. The van der Waals surface area contributed by atoms with Crippen LogP contribution in [0, 0.1) is 5.92 Å². The second-order valence-electron chi connectivity index (χ2n) is 5.93. The lowest BCUT2D eigenvalue weighted by Crippen LogP contribution is -2.40. The Labute approximate surface area is 107 Å². The number of likely N-dealkylation sites (tertiary alicyclic amines) is 1. The second-order valence-corrected chi connectivity index (χ2v) is 5.93. The van der Waals surface area contributed by atoms with Gasteiger partial charge in [-0.25, -0.2) is 4.68 Å². The SMILES string of the molecule is C1CN[C@@H]2CN(Cc3nnnn3C3CC3)C[C@@H]2C1. The zero-order valence-electron chi connectivity index (χ0n) is 10.6. The molecule has 0 bridgehead atoms. The zero-order chi connectivity index (χ0) is 11.9. The van der Waals surface area contributed by atoms with Gasteiger partial charge in [0.2, 0.25) is 0 Å². The summed E-state index contributed by atoms with van der Waals surface area (Å²) in [4.78, 5) is 2.51. The Morgan fingerprint density at radius 3 is 3.00 bits per heavy atom. The van der Waals surface area contributed by atoms with Crippen LogP contribution in [0.1, 0.15) is 37.5 Å². The van der Waals surface area contributed by atoms with Gasteiger partial charge in [0, 0.05) is 19.1 Å². The molecule has 2 saturated heterocycles. The number of piperidine rings is 1. The van der Waals surface area contributed by atoms with Gasteiger partial charge in [-0.3, -0.25) is 4.90 Å². The van der Waals surface area contributed by atoms with Gasteiger partial charge >= 0.3 is 0 Å². The highest BCUT2D eigenvalue weighted by Crippen LogP contribution is 2.35. The van der Waals surface area contributed by atoms with Crippen LogP contribution in [-0.4, -0.2) is 50.8 Å². The molecule has 0 spiro atoms. The molecule has 1 N–H and O–H groups in total. The third-order valence-corrected chi connectivity index (χ3v) is 4.49. The molecule has 4 rings (SSSR count). The molecule has 2 aliphatic heterocycles. The monoisotopic (exact) mass is 248 g/mol. The van der Waals surface area contributed by atoms with Gasteiger partial charge in [-0.1, -0.05) is 0 Å². The minimum absolute atomic E-state index is 0.581. The van der Waals surface area contributed by atoms with Crippen molar-refractivity contribution in [3.8, 4) is 0 Å². The molecule has 6 heteroatoms. The average Bonchev–Trinajstić information content (AvgIpc) is 2.98. The van der Waals surface area contributed by atoms with Crippen LogP contribution in [0.15, 0.2) is 0 Å². The van der Waals surface area contributed by atoms with Gasteiger partial charge in [-0.05, 0) is 48.6 Å². The second kappa shape index (κ2) is 4.28. The van der Waals surface area contributed by atoms with Crippen molar-refractivity contribution in [2.75, 3.05) is 19.6 Å². The van der Waals surface area contributed by atoms with Crippen molar-refractivity contribution < 1.29 is 0 Å². The fourth-order valence-corrected chi connectivity index (χ4v) is 3.38. The molecule has 3 aliphatic rings. The van der Waals surface area contributed by atoms with Crippen molar-refractivity contribution in [1.82, 2.24) is 30.4 Å². The summed E-state index contributed by atoms with van der Waals surface area (Å²) in [6.45, 7) is 4.46. The van der Waals surface area contributed by atoms with Crippen LogP contribution >= 0.6 is 0 Å². The van der Waals surface area contributed by atoms with Crippen LogP contribution in [0.2, 0.25) is 0 Å². The Morgan fingerprint density at radius 1 is 1.22 bits per heavy atom. The highest BCUT2D eigenvalue weighted by atomic mass is 15.6. The maximum atomic E-state index is 4.20. The van der Waals surface area contributed by atoms with Crippen molar-refractivity contribution in [2.45, 2.75) is 44.3 Å². The first kappa shape index (κ1) is 10.9. The highest BCUT2D eigenvalue weighted by Gasteiger charge is 2.35. The fourth-order valence-electron chi connectivity index (χ4n) is 3.38. The molecule has 6 nitrogen and oxygen atoms in total. The number of hydrogen-bond donors (Lipinski definition) is 1. The highest BCUT2D eigenvalue weighted by molar-refractivity contribution is 4.96. The number of fused-ring (bicyclic) bond motifs is 1. The molecular weight excluding hydrogens is 228 g/mol. The smallest absolute Gasteiger partial charge is 0.165 e. The Balaban J connectivity index is 1.44. The Bertz CT molecular complexity index is 412. The standard InChI is InChI=1S/C12H20N6/c1-2-9-6-17(7-11(9)13-5-1)8-12-14-15-16-18(12)10-3-4-10/h9-11,13H,1-8H2/t9-,11+/m0/s1. The van der Waals surface area contributed by atoms with E-state index in [4.69, 9.17) is 0 Å². The summed E-state index contributed by atoms with van der Waals surface area (Å²) in [5.74, 6) is 1.89. The predicted octanol–water partition coefficient (Wildman–Crippen LogP) is 0.192. The molecule has 2 atom stereocenters. The van der Waals surface area contributed by atoms with E-state index in [-0.39, 0.29) is 0 Å². The topological polar surface area (TPSA) is 58.9 Å². The first-order valence-electron chi connectivity index (χ1n) is 7.12. The summed E-state index contributed by atoms with van der Waals surface area (Å²) in [6.07, 6.45) is 5.19.